The van der Waals surface area contributed by atoms with Gasteiger partial charge in [-0.2, -0.15) is 5.10 Å². The monoisotopic (exact) mass is 372 g/mol. The zero-order valence-corrected chi connectivity index (χ0v) is 15.5. The van der Waals surface area contributed by atoms with Crippen LogP contribution in [0.1, 0.15) is 25.7 Å². The number of nitrogens with zero attached hydrogens (tertiary/aromatic N) is 3. The lowest BCUT2D eigenvalue weighted by molar-refractivity contribution is -0.0441. The maximum Gasteiger partial charge on any atom is 0.184 e. The molecular weight excluding hydrogens is 352 g/mol. The molecule has 0 unspecified atom stereocenters. The molecule has 1 N–H and O–H groups in total. The van der Waals surface area contributed by atoms with Crippen molar-refractivity contribution in [3.8, 4) is 11.3 Å². The second-order valence-electron chi connectivity index (χ2n) is 6.73. The molecule has 1 aliphatic heterocycles. The minimum absolute atomic E-state index is 0.273. The van der Waals surface area contributed by atoms with E-state index in [2.05, 4.69) is 29.2 Å². The Labute approximate surface area is 157 Å². The predicted molar refractivity (Wildman–Crippen MR) is 101 cm³/mol. The normalized spacial score (nSPS) is 15.2. The molecule has 6 nitrogen and oxygen atoms in total. The summed E-state index contributed by atoms with van der Waals surface area (Å²) in [5.74, 6) is 0.518. The second-order valence-corrected chi connectivity index (χ2v) is 7.12. The van der Waals surface area contributed by atoms with Gasteiger partial charge in [-0.15, -0.1) is 0 Å². The highest BCUT2D eigenvalue weighted by Gasteiger charge is 2.18. The molecule has 3 aromatic rings. The van der Waals surface area contributed by atoms with Crippen LogP contribution in [0.3, 0.4) is 0 Å². The van der Waals surface area contributed by atoms with Gasteiger partial charge in [-0.1, -0.05) is 49.7 Å². The quantitative estimate of drug-likeness (QED) is 0.728. The fourth-order valence-corrected chi connectivity index (χ4v) is 3.13. The van der Waals surface area contributed by atoms with Crippen molar-refractivity contribution >= 4 is 22.9 Å². The Morgan fingerprint density at radius 3 is 2.65 bits per heavy atom. The lowest BCUT2D eigenvalue weighted by Crippen LogP contribution is -2.10. The van der Waals surface area contributed by atoms with Gasteiger partial charge in [-0.25, -0.2) is 9.50 Å². The van der Waals surface area contributed by atoms with Crippen molar-refractivity contribution in [2.24, 2.45) is 5.92 Å². The molecular formula is C19H21ClN4O2. The summed E-state index contributed by atoms with van der Waals surface area (Å²) in [7, 11) is 0. The van der Waals surface area contributed by atoms with E-state index in [0.717, 1.165) is 34.7 Å². The van der Waals surface area contributed by atoms with Crippen LogP contribution in [0.2, 0.25) is 5.15 Å². The number of rotatable bonds is 5. The summed E-state index contributed by atoms with van der Waals surface area (Å²) < 4.78 is 12.9. The maximum atomic E-state index is 6.23. The summed E-state index contributed by atoms with van der Waals surface area (Å²) in [5, 5.41) is 8.25. The van der Waals surface area contributed by atoms with Gasteiger partial charge in [0, 0.05) is 23.7 Å². The third-order valence-electron chi connectivity index (χ3n) is 4.24. The number of hydrogen-bond acceptors (Lipinski definition) is 5. The van der Waals surface area contributed by atoms with Gasteiger partial charge in [0.25, 0.3) is 0 Å². The van der Waals surface area contributed by atoms with Gasteiger partial charge >= 0.3 is 0 Å². The molecule has 2 aromatic heterocycles. The molecule has 0 atom stereocenters. The van der Waals surface area contributed by atoms with Gasteiger partial charge in [0.2, 0.25) is 0 Å². The van der Waals surface area contributed by atoms with Gasteiger partial charge in [0.05, 0.1) is 30.8 Å². The Balaban J connectivity index is 1.68. The Morgan fingerprint density at radius 2 is 1.96 bits per heavy atom. The minimum atomic E-state index is -0.273. The summed E-state index contributed by atoms with van der Waals surface area (Å²) >= 11 is 6.23. The van der Waals surface area contributed by atoms with E-state index >= 15 is 0 Å². The molecule has 0 aliphatic carbocycles. The van der Waals surface area contributed by atoms with E-state index in [4.69, 9.17) is 21.1 Å². The number of aromatic nitrogens is 3. The van der Waals surface area contributed by atoms with Gasteiger partial charge in [-0.3, -0.25) is 0 Å². The predicted octanol–water partition coefficient (Wildman–Crippen LogP) is 4.16. The van der Waals surface area contributed by atoms with Gasteiger partial charge in [0.15, 0.2) is 17.1 Å². The Hall–Kier alpha value is -2.15. The van der Waals surface area contributed by atoms with Crippen LogP contribution in [0.25, 0.3) is 16.9 Å². The third-order valence-corrected chi connectivity index (χ3v) is 4.42. The molecule has 1 aromatic carbocycles. The van der Waals surface area contributed by atoms with Crippen molar-refractivity contribution in [1.29, 1.82) is 0 Å². The van der Waals surface area contributed by atoms with Crippen molar-refractivity contribution in [1.82, 2.24) is 14.6 Å². The molecule has 1 aliphatic rings. The standard InChI is InChI=1S/C19H21ClN4O2/c1-12(2)10-21-15-9-17(20)23-24-16(11-22-18(15)24)13-3-5-14(6-4-13)19-25-7-8-26-19/h3-6,9,11-12,19,21H,7-8,10H2,1-2H3. The number of halogens is 1. The van der Waals surface area contributed by atoms with Crippen LogP contribution in [-0.2, 0) is 9.47 Å². The number of ether oxygens (including phenoxy) is 2. The van der Waals surface area contributed by atoms with Crippen molar-refractivity contribution in [2.45, 2.75) is 20.1 Å². The van der Waals surface area contributed by atoms with Crippen molar-refractivity contribution in [3.63, 3.8) is 0 Å². The molecule has 7 heteroatoms. The average molecular weight is 373 g/mol. The van der Waals surface area contributed by atoms with Gasteiger partial charge in [0.1, 0.15) is 0 Å². The molecule has 0 spiro atoms. The largest absolute Gasteiger partial charge is 0.382 e. The highest BCUT2D eigenvalue weighted by molar-refractivity contribution is 6.29. The smallest absolute Gasteiger partial charge is 0.184 e. The highest BCUT2D eigenvalue weighted by Crippen LogP contribution is 2.29. The van der Waals surface area contributed by atoms with Crippen LogP contribution in [0, 0.1) is 5.92 Å². The first-order valence-electron chi connectivity index (χ1n) is 8.73. The third kappa shape index (κ3) is 3.40. The zero-order valence-electron chi connectivity index (χ0n) is 14.8. The van der Waals surface area contributed by atoms with E-state index < -0.39 is 0 Å². The summed E-state index contributed by atoms with van der Waals surface area (Å²) in [6.07, 6.45) is 1.54. The van der Waals surface area contributed by atoms with Crippen LogP contribution in [0.15, 0.2) is 36.5 Å². The summed E-state index contributed by atoms with van der Waals surface area (Å²) in [6, 6.07) is 9.87. The van der Waals surface area contributed by atoms with Crippen LogP contribution in [0.4, 0.5) is 5.69 Å². The molecule has 1 saturated heterocycles. The molecule has 0 radical (unpaired) electrons. The number of benzene rings is 1. The summed E-state index contributed by atoms with van der Waals surface area (Å²) in [4.78, 5) is 4.54. The highest BCUT2D eigenvalue weighted by atomic mass is 35.5. The van der Waals surface area contributed by atoms with Crippen LogP contribution in [0.5, 0.6) is 0 Å². The van der Waals surface area contributed by atoms with E-state index in [0.29, 0.717) is 24.3 Å². The topological polar surface area (TPSA) is 60.7 Å². The van der Waals surface area contributed by atoms with E-state index in [1.54, 1.807) is 4.52 Å². The summed E-state index contributed by atoms with van der Waals surface area (Å²) in [6.45, 7) is 6.42. The fourth-order valence-electron chi connectivity index (χ4n) is 2.94. The summed E-state index contributed by atoms with van der Waals surface area (Å²) in [5.41, 5.74) is 4.54. The first-order valence-corrected chi connectivity index (χ1v) is 9.11. The lowest BCUT2D eigenvalue weighted by atomic mass is 10.1. The maximum absolute atomic E-state index is 6.23. The number of anilines is 1. The number of hydrogen-bond donors (Lipinski definition) is 1. The number of fused-ring (bicyclic) bond motifs is 1. The van der Waals surface area contributed by atoms with E-state index in [1.807, 2.05) is 36.5 Å². The van der Waals surface area contributed by atoms with E-state index in [9.17, 15) is 0 Å². The number of nitrogens with one attached hydrogen (secondary N) is 1. The number of imidazole rings is 1. The SMILES string of the molecule is CC(C)CNc1cc(Cl)nn2c(-c3ccc(C4OCCO4)cc3)cnc12. The Kier molecular flexibility index (Phi) is 4.80. The second kappa shape index (κ2) is 7.23. The fraction of sp³-hybridized carbons (Fsp3) is 0.368. The lowest BCUT2D eigenvalue weighted by Gasteiger charge is -2.11. The van der Waals surface area contributed by atoms with E-state index in [1.165, 1.54) is 0 Å². The first kappa shape index (κ1) is 17.3. The first-order chi connectivity index (χ1) is 12.6. The Morgan fingerprint density at radius 1 is 1.23 bits per heavy atom. The van der Waals surface area contributed by atoms with Gasteiger partial charge in [-0.05, 0) is 5.92 Å². The molecule has 1 fully saturated rings. The van der Waals surface area contributed by atoms with Gasteiger partial charge < -0.3 is 14.8 Å². The molecule has 0 bridgehead atoms. The molecule has 26 heavy (non-hydrogen) atoms. The van der Waals surface area contributed by atoms with Crippen molar-refractivity contribution < 1.29 is 9.47 Å². The molecule has 0 saturated carbocycles. The van der Waals surface area contributed by atoms with E-state index in [-0.39, 0.29) is 6.29 Å². The molecule has 0 amide bonds. The molecule has 136 valence electrons. The Bertz CT molecular complexity index is 902. The minimum Gasteiger partial charge on any atom is -0.382 e. The van der Waals surface area contributed by atoms with Crippen LogP contribution >= 0.6 is 11.6 Å². The van der Waals surface area contributed by atoms with Crippen molar-refractivity contribution in [3.05, 3.63) is 47.2 Å². The van der Waals surface area contributed by atoms with Crippen molar-refractivity contribution in [2.75, 3.05) is 25.1 Å². The average Bonchev–Trinajstić information content (AvgIpc) is 3.29. The molecule has 4 rings (SSSR count). The molecule has 3 heterocycles. The van der Waals surface area contributed by atoms with Crippen LogP contribution < -0.4 is 5.32 Å². The zero-order chi connectivity index (χ0) is 18.1. The van der Waals surface area contributed by atoms with Crippen LogP contribution in [-0.4, -0.2) is 34.4 Å².